The molecule has 4 aromatic heterocycles. The number of pyridine rings is 1. The summed E-state index contributed by atoms with van der Waals surface area (Å²) < 4.78 is 10.8. The molecule has 0 unspecified atom stereocenters. The molecule has 11 heteroatoms. The molecule has 2 N–H and O–H groups in total. The SMILES string of the molecule is COc1cc(C(=O)N2CCC(c3nc(C(=O)Nc4cc(-c5ccco5)[nH]n4)cs3)CC2)nc2ccccc12. The predicted octanol–water partition coefficient (Wildman–Crippen LogP) is 4.96. The van der Waals surface area contributed by atoms with Crippen molar-refractivity contribution in [3.8, 4) is 17.2 Å². The zero-order valence-corrected chi connectivity index (χ0v) is 21.3. The Morgan fingerprint density at radius 3 is 2.74 bits per heavy atom. The predicted molar refractivity (Wildman–Crippen MR) is 143 cm³/mol. The fraction of sp³-hybridized carbons (Fsp3) is 0.222. The van der Waals surface area contributed by atoms with Gasteiger partial charge in [-0.2, -0.15) is 5.10 Å². The van der Waals surface area contributed by atoms with Gasteiger partial charge in [-0.15, -0.1) is 11.3 Å². The lowest BCUT2D eigenvalue weighted by atomic mass is 9.97. The van der Waals surface area contributed by atoms with Gasteiger partial charge >= 0.3 is 0 Å². The third-order valence-corrected chi connectivity index (χ3v) is 7.62. The number of likely N-dealkylation sites (tertiary alicyclic amines) is 1. The van der Waals surface area contributed by atoms with Crippen molar-refractivity contribution in [2.24, 2.45) is 0 Å². The number of carbonyl (C=O) groups excluding carboxylic acids is 2. The number of fused-ring (bicyclic) bond motifs is 1. The van der Waals surface area contributed by atoms with Crippen LogP contribution in [0.2, 0.25) is 0 Å². The van der Waals surface area contributed by atoms with Crippen LogP contribution in [0, 0.1) is 0 Å². The summed E-state index contributed by atoms with van der Waals surface area (Å²) in [6, 6.07) is 14.6. The van der Waals surface area contributed by atoms with Gasteiger partial charge in [0, 0.05) is 41.9 Å². The van der Waals surface area contributed by atoms with E-state index in [1.54, 1.807) is 43.0 Å². The molecule has 192 valence electrons. The summed E-state index contributed by atoms with van der Waals surface area (Å²) in [4.78, 5) is 36.9. The Hall–Kier alpha value is -4.51. The minimum absolute atomic E-state index is 0.111. The van der Waals surface area contributed by atoms with Gasteiger partial charge in [-0.3, -0.25) is 14.7 Å². The van der Waals surface area contributed by atoms with Crippen LogP contribution < -0.4 is 10.1 Å². The van der Waals surface area contributed by atoms with Crippen molar-refractivity contribution >= 4 is 39.9 Å². The van der Waals surface area contributed by atoms with Gasteiger partial charge in [-0.05, 0) is 37.1 Å². The Morgan fingerprint density at radius 2 is 1.95 bits per heavy atom. The number of anilines is 1. The van der Waals surface area contributed by atoms with Crippen molar-refractivity contribution in [1.82, 2.24) is 25.1 Å². The molecule has 5 heterocycles. The van der Waals surface area contributed by atoms with Crippen LogP contribution in [0.15, 0.2) is 64.6 Å². The van der Waals surface area contributed by atoms with Crippen molar-refractivity contribution in [2.75, 3.05) is 25.5 Å². The molecule has 0 radical (unpaired) electrons. The molecule has 1 aromatic carbocycles. The molecule has 0 aliphatic carbocycles. The van der Waals surface area contributed by atoms with E-state index < -0.39 is 0 Å². The minimum Gasteiger partial charge on any atom is -0.496 e. The molecule has 5 aromatic rings. The second kappa shape index (κ2) is 10.1. The summed E-state index contributed by atoms with van der Waals surface area (Å²) in [7, 11) is 1.59. The molecule has 1 aliphatic rings. The summed E-state index contributed by atoms with van der Waals surface area (Å²) in [6.45, 7) is 1.18. The topological polar surface area (TPSA) is 126 Å². The Balaban J connectivity index is 1.08. The van der Waals surface area contributed by atoms with E-state index in [1.807, 2.05) is 29.2 Å². The quantitative estimate of drug-likeness (QED) is 0.319. The number of aromatic nitrogens is 4. The van der Waals surface area contributed by atoms with E-state index in [4.69, 9.17) is 9.15 Å². The molecule has 0 bridgehead atoms. The monoisotopic (exact) mass is 528 g/mol. The fourth-order valence-electron chi connectivity index (χ4n) is 4.62. The van der Waals surface area contributed by atoms with Gasteiger partial charge in [0.1, 0.15) is 22.8 Å². The number of para-hydroxylation sites is 1. The van der Waals surface area contributed by atoms with E-state index in [-0.39, 0.29) is 17.7 Å². The number of benzene rings is 1. The second-order valence-electron chi connectivity index (χ2n) is 8.96. The van der Waals surface area contributed by atoms with Gasteiger partial charge in [0.25, 0.3) is 11.8 Å². The summed E-state index contributed by atoms with van der Waals surface area (Å²) in [5.41, 5.74) is 2.12. The molecule has 0 atom stereocenters. The Kier molecular flexibility index (Phi) is 6.34. The van der Waals surface area contributed by atoms with Gasteiger partial charge in [0.2, 0.25) is 0 Å². The molecule has 1 fully saturated rings. The number of hydrogen-bond acceptors (Lipinski definition) is 8. The maximum atomic E-state index is 13.2. The lowest BCUT2D eigenvalue weighted by molar-refractivity contribution is 0.0707. The maximum Gasteiger partial charge on any atom is 0.276 e. The molecule has 0 spiro atoms. The summed E-state index contributed by atoms with van der Waals surface area (Å²) in [5.74, 6) is 1.40. The van der Waals surface area contributed by atoms with E-state index in [2.05, 4.69) is 25.5 Å². The van der Waals surface area contributed by atoms with Crippen LogP contribution >= 0.6 is 11.3 Å². The highest BCUT2D eigenvalue weighted by molar-refractivity contribution is 7.10. The van der Waals surface area contributed by atoms with Crippen LogP contribution in [0.25, 0.3) is 22.4 Å². The number of thiazole rings is 1. The van der Waals surface area contributed by atoms with E-state index in [1.165, 1.54) is 11.3 Å². The number of furan rings is 1. The number of aromatic amines is 1. The van der Waals surface area contributed by atoms with Gasteiger partial charge in [0.05, 0.1) is 23.9 Å². The number of nitrogens with one attached hydrogen (secondary N) is 2. The van der Waals surface area contributed by atoms with Crippen LogP contribution in [0.1, 0.15) is 44.7 Å². The van der Waals surface area contributed by atoms with Crippen molar-refractivity contribution < 1.29 is 18.7 Å². The first kappa shape index (κ1) is 23.9. The standard InChI is InChI=1S/C27H24N6O4S/c1-36-23-13-20(28-18-6-3-2-5-17(18)23)27(35)33-10-8-16(9-11-33)26-29-21(15-38-26)25(34)30-24-14-19(31-32-24)22-7-4-12-37-22/h2-7,12-16H,8-11H2,1H3,(H2,30,31,32,34). The molecule has 0 saturated carbocycles. The highest BCUT2D eigenvalue weighted by Gasteiger charge is 2.28. The largest absolute Gasteiger partial charge is 0.496 e. The van der Waals surface area contributed by atoms with Crippen molar-refractivity contribution in [2.45, 2.75) is 18.8 Å². The molecule has 2 amide bonds. The summed E-state index contributed by atoms with van der Waals surface area (Å²) in [6.07, 6.45) is 3.09. The normalized spacial score (nSPS) is 14.1. The van der Waals surface area contributed by atoms with E-state index in [0.717, 1.165) is 28.8 Å². The zero-order valence-electron chi connectivity index (χ0n) is 20.5. The zero-order chi connectivity index (χ0) is 26.1. The maximum absolute atomic E-state index is 13.2. The van der Waals surface area contributed by atoms with Crippen LogP contribution in [0.5, 0.6) is 5.75 Å². The second-order valence-corrected chi connectivity index (χ2v) is 9.85. The average molecular weight is 529 g/mol. The molecular formula is C27H24N6O4S. The molecule has 38 heavy (non-hydrogen) atoms. The van der Waals surface area contributed by atoms with E-state index in [9.17, 15) is 9.59 Å². The number of ether oxygens (including phenoxy) is 1. The van der Waals surface area contributed by atoms with Gasteiger partial charge in [-0.1, -0.05) is 12.1 Å². The molecule has 6 rings (SSSR count). The minimum atomic E-state index is -0.325. The number of amides is 2. The molecule has 1 aliphatic heterocycles. The highest BCUT2D eigenvalue weighted by atomic mass is 32.1. The van der Waals surface area contributed by atoms with Crippen LogP contribution in [0.3, 0.4) is 0 Å². The third kappa shape index (κ3) is 4.63. The Morgan fingerprint density at radius 1 is 1.11 bits per heavy atom. The molecule has 10 nitrogen and oxygen atoms in total. The number of hydrogen-bond donors (Lipinski definition) is 2. The average Bonchev–Trinajstić information content (AvgIpc) is 3.74. The third-order valence-electron chi connectivity index (χ3n) is 6.61. The lowest BCUT2D eigenvalue weighted by Gasteiger charge is -2.31. The van der Waals surface area contributed by atoms with Gasteiger partial charge in [0.15, 0.2) is 11.6 Å². The van der Waals surface area contributed by atoms with Crippen LogP contribution in [-0.4, -0.2) is 57.1 Å². The Bertz CT molecular complexity index is 1600. The summed E-state index contributed by atoms with van der Waals surface area (Å²) in [5, 5.41) is 13.3. The first-order valence-corrected chi connectivity index (χ1v) is 13.1. The number of H-pyrrole nitrogens is 1. The van der Waals surface area contributed by atoms with E-state index >= 15 is 0 Å². The summed E-state index contributed by atoms with van der Waals surface area (Å²) >= 11 is 1.46. The highest BCUT2D eigenvalue weighted by Crippen LogP contribution is 2.32. The molecule has 1 saturated heterocycles. The number of methoxy groups -OCH3 is 1. The number of nitrogens with zero attached hydrogens (tertiary/aromatic N) is 4. The smallest absolute Gasteiger partial charge is 0.276 e. The van der Waals surface area contributed by atoms with E-state index in [0.29, 0.717) is 47.5 Å². The number of piperidine rings is 1. The van der Waals surface area contributed by atoms with Crippen LogP contribution in [0.4, 0.5) is 5.82 Å². The van der Waals surface area contributed by atoms with Gasteiger partial charge < -0.3 is 19.4 Å². The van der Waals surface area contributed by atoms with Crippen molar-refractivity contribution in [3.05, 3.63) is 76.6 Å². The van der Waals surface area contributed by atoms with Crippen molar-refractivity contribution in [1.29, 1.82) is 0 Å². The molecular weight excluding hydrogens is 504 g/mol. The van der Waals surface area contributed by atoms with Crippen LogP contribution in [-0.2, 0) is 0 Å². The Labute approximate surface area is 221 Å². The number of carbonyl (C=O) groups is 2. The first-order chi connectivity index (χ1) is 18.6. The first-order valence-electron chi connectivity index (χ1n) is 12.2. The van der Waals surface area contributed by atoms with Gasteiger partial charge in [-0.25, -0.2) is 9.97 Å². The lowest BCUT2D eigenvalue weighted by Crippen LogP contribution is -2.38. The fourth-order valence-corrected chi connectivity index (χ4v) is 5.59. The van der Waals surface area contributed by atoms with Crippen molar-refractivity contribution in [3.63, 3.8) is 0 Å². The number of rotatable bonds is 6.